The van der Waals surface area contributed by atoms with Gasteiger partial charge in [0, 0.05) is 18.7 Å². The van der Waals surface area contributed by atoms with Gasteiger partial charge < -0.3 is 9.84 Å². The summed E-state index contributed by atoms with van der Waals surface area (Å²) in [6.45, 7) is 3.60. The molecule has 1 aromatic rings. The molecule has 1 aromatic carbocycles. The number of nitrogens with zero attached hydrogens (tertiary/aromatic N) is 2. The van der Waals surface area contributed by atoms with Crippen molar-refractivity contribution in [1.29, 1.82) is 0 Å². The maximum absolute atomic E-state index is 11.0. The van der Waals surface area contributed by atoms with Crippen LogP contribution < -0.4 is 4.74 Å². The number of benzene rings is 1. The normalized spacial score (nSPS) is 17.2. The maximum atomic E-state index is 11.0. The minimum atomic E-state index is -0.656. The van der Waals surface area contributed by atoms with Crippen molar-refractivity contribution in [2.45, 2.75) is 51.2 Å². The van der Waals surface area contributed by atoms with E-state index < -0.39 is 11.0 Å². The van der Waals surface area contributed by atoms with Gasteiger partial charge in [-0.05, 0) is 25.5 Å². The molecule has 6 nitrogen and oxygen atoms in total. The summed E-state index contributed by atoms with van der Waals surface area (Å²) >= 11 is 0. The molecule has 0 bridgehead atoms. The Bertz CT molecular complexity index is 503. The molecule has 6 heteroatoms. The summed E-state index contributed by atoms with van der Waals surface area (Å²) in [5.74, 6) is 0.206. The van der Waals surface area contributed by atoms with E-state index in [0.29, 0.717) is 12.6 Å². The molecule has 128 valence electrons. The SMILES string of the molecule is CCN(CC(O)COc1ccccc1[N+](=O)[O-])C1CCCCC1. The van der Waals surface area contributed by atoms with E-state index in [0.717, 1.165) is 6.54 Å². The summed E-state index contributed by atoms with van der Waals surface area (Å²) in [4.78, 5) is 12.8. The molecule has 23 heavy (non-hydrogen) atoms. The van der Waals surface area contributed by atoms with Crippen LogP contribution in [-0.4, -0.2) is 46.8 Å². The third-order valence-corrected chi connectivity index (χ3v) is 4.44. The standard InChI is InChI=1S/C17H26N2O4/c1-2-18(14-8-4-3-5-9-14)12-15(20)13-23-17-11-7-6-10-16(17)19(21)22/h6-7,10-11,14-15,20H,2-5,8-9,12-13H2,1H3. The summed E-state index contributed by atoms with van der Waals surface area (Å²) in [5.41, 5.74) is -0.0701. The molecule has 0 aromatic heterocycles. The molecular weight excluding hydrogens is 296 g/mol. The molecule has 0 aliphatic heterocycles. The topological polar surface area (TPSA) is 75.8 Å². The smallest absolute Gasteiger partial charge is 0.310 e. The van der Waals surface area contributed by atoms with E-state index in [1.165, 1.54) is 38.2 Å². The summed E-state index contributed by atoms with van der Waals surface area (Å²) in [6, 6.07) is 6.79. The Kier molecular flexibility index (Phi) is 6.80. The van der Waals surface area contributed by atoms with Gasteiger partial charge in [0.25, 0.3) is 0 Å². The number of para-hydroxylation sites is 2. The van der Waals surface area contributed by atoms with Gasteiger partial charge in [-0.15, -0.1) is 0 Å². The molecular formula is C17H26N2O4. The van der Waals surface area contributed by atoms with E-state index in [1.54, 1.807) is 18.2 Å². The van der Waals surface area contributed by atoms with Gasteiger partial charge >= 0.3 is 5.69 Å². The molecule has 0 spiro atoms. The summed E-state index contributed by atoms with van der Waals surface area (Å²) in [6.07, 6.45) is 5.53. The van der Waals surface area contributed by atoms with Gasteiger partial charge in [-0.1, -0.05) is 38.3 Å². The van der Waals surface area contributed by atoms with Crippen molar-refractivity contribution in [3.63, 3.8) is 0 Å². The molecule has 1 unspecified atom stereocenters. The van der Waals surface area contributed by atoms with Gasteiger partial charge in [0.1, 0.15) is 12.7 Å². The van der Waals surface area contributed by atoms with E-state index in [1.807, 2.05) is 0 Å². The van der Waals surface area contributed by atoms with Crippen LogP contribution in [0.25, 0.3) is 0 Å². The molecule has 1 fully saturated rings. The zero-order valence-electron chi connectivity index (χ0n) is 13.7. The zero-order chi connectivity index (χ0) is 16.7. The van der Waals surface area contributed by atoms with Crippen LogP contribution >= 0.6 is 0 Å². The highest BCUT2D eigenvalue weighted by molar-refractivity contribution is 5.45. The van der Waals surface area contributed by atoms with E-state index in [9.17, 15) is 15.2 Å². The summed E-state index contributed by atoms with van der Waals surface area (Å²) in [7, 11) is 0. The number of rotatable bonds is 8. The van der Waals surface area contributed by atoms with Crippen molar-refractivity contribution >= 4 is 5.69 Å². The van der Waals surface area contributed by atoms with E-state index in [-0.39, 0.29) is 18.0 Å². The predicted molar refractivity (Wildman–Crippen MR) is 88.7 cm³/mol. The summed E-state index contributed by atoms with van der Waals surface area (Å²) < 4.78 is 5.47. The lowest BCUT2D eigenvalue weighted by Gasteiger charge is -2.34. The van der Waals surface area contributed by atoms with Crippen LogP contribution in [0.3, 0.4) is 0 Å². The fourth-order valence-corrected chi connectivity index (χ4v) is 3.22. The quantitative estimate of drug-likeness (QED) is 0.588. The molecule has 1 saturated carbocycles. The summed E-state index contributed by atoms with van der Waals surface area (Å²) in [5, 5.41) is 21.2. The number of hydrogen-bond donors (Lipinski definition) is 1. The van der Waals surface area contributed by atoms with Gasteiger partial charge in [-0.3, -0.25) is 15.0 Å². The Morgan fingerprint density at radius 1 is 1.35 bits per heavy atom. The van der Waals surface area contributed by atoms with E-state index >= 15 is 0 Å². The average Bonchev–Trinajstić information content (AvgIpc) is 2.58. The largest absolute Gasteiger partial charge is 0.484 e. The molecule has 0 amide bonds. The Hall–Kier alpha value is -1.66. The third-order valence-electron chi connectivity index (χ3n) is 4.44. The third kappa shape index (κ3) is 5.18. The minimum absolute atomic E-state index is 0.0636. The first-order chi connectivity index (χ1) is 11.1. The van der Waals surface area contributed by atoms with Crippen molar-refractivity contribution in [3.05, 3.63) is 34.4 Å². The number of nitro groups is 1. The molecule has 0 saturated heterocycles. The highest BCUT2D eigenvalue weighted by atomic mass is 16.6. The Morgan fingerprint density at radius 2 is 2.04 bits per heavy atom. The Balaban J connectivity index is 1.86. The van der Waals surface area contributed by atoms with Crippen molar-refractivity contribution in [3.8, 4) is 5.75 Å². The fourth-order valence-electron chi connectivity index (χ4n) is 3.22. The number of aliphatic hydroxyl groups is 1. The van der Waals surface area contributed by atoms with Crippen LogP contribution in [0.2, 0.25) is 0 Å². The maximum Gasteiger partial charge on any atom is 0.310 e. The number of aliphatic hydroxyl groups excluding tert-OH is 1. The number of ether oxygens (including phenoxy) is 1. The number of nitro benzene ring substituents is 1. The molecule has 1 atom stereocenters. The van der Waals surface area contributed by atoms with Crippen LogP contribution in [0, 0.1) is 10.1 Å². The Labute approximate surface area is 137 Å². The molecule has 1 aliphatic rings. The molecule has 1 N–H and O–H groups in total. The van der Waals surface area contributed by atoms with Crippen molar-refractivity contribution in [2.75, 3.05) is 19.7 Å². The van der Waals surface area contributed by atoms with E-state index in [4.69, 9.17) is 4.74 Å². The van der Waals surface area contributed by atoms with Gasteiger partial charge in [-0.25, -0.2) is 0 Å². The zero-order valence-corrected chi connectivity index (χ0v) is 13.7. The second-order valence-electron chi connectivity index (χ2n) is 6.07. The first-order valence-electron chi connectivity index (χ1n) is 8.40. The predicted octanol–water partition coefficient (Wildman–Crippen LogP) is 2.99. The van der Waals surface area contributed by atoms with Gasteiger partial charge in [0.2, 0.25) is 0 Å². The van der Waals surface area contributed by atoms with Crippen molar-refractivity contribution in [1.82, 2.24) is 4.90 Å². The highest BCUT2D eigenvalue weighted by Crippen LogP contribution is 2.26. The van der Waals surface area contributed by atoms with Crippen molar-refractivity contribution in [2.24, 2.45) is 0 Å². The molecule has 1 aliphatic carbocycles. The van der Waals surface area contributed by atoms with Crippen LogP contribution in [0.5, 0.6) is 5.75 Å². The van der Waals surface area contributed by atoms with E-state index in [2.05, 4.69) is 11.8 Å². The molecule has 0 heterocycles. The van der Waals surface area contributed by atoms with Crippen molar-refractivity contribution < 1.29 is 14.8 Å². The first kappa shape index (κ1) is 17.7. The molecule has 2 rings (SSSR count). The van der Waals surface area contributed by atoms with Crippen LogP contribution in [0.15, 0.2) is 24.3 Å². The van der Waals surface area contributed by atoms with Gasteiger partial charge in [0.05, 0.1) is 4.92 Å². The highest BCUT2D eigenvalue weighted by Gasteiger charge is 2.22. The lowest BCUT2D eigenvalue weighted by molar-refractivity contribution is -0.385. The van der Waals surface area contributed by atoms with Crippen LogP contribution in [0.4, 0.5) is 5.69 Å². The second kappa shape index (κ2) is 8.84. The number of hydrogen-bond acceptors (Lipinski definition) is 5. The molecule has 0 radical (unpaired) electrons. The first-order valence-corrected chi connectivity index (χ1v) is 8.40. The minimum Gasteiger partial charge on any atom is -0.484 e. The van der Waals surface area contributed by atoms with Crippen LogP contribution in [-0.2, 0) is 0 Å². The van der Waals surface area contributed by atoms with Gasteiger partial charge in [-0.2, -0.15) is 0 Å². The van der Waals surface area contributed by atoms with Gasteiger partial charge in [0.15, 0.2) is 5.75 Å². The Morgan fingerprint density at radius 3 is 2.70 bits per heavy atom. The van der Waals surface area contributed by atoms with Crippen LogP contribution in [0.1, 0.15) is 39.0 Å². The second-order valence-corrected chi connectivity index (χ2v) is 6.07. The monoisotopic (exact) mass is 322 g/mol. The fraction of sp³-hybridized carbons (Fsp3) is 0.647. The number of likely N-dealkylation sites (N-methyl/N-ethyl adjacent to an activating group) is 1. The lowest BCUT2D eigenvalue weighted by Crippen LogP contribution is -2.43. The average molecular weight is 322 g/mol. The lowest BCUT2D eigenvalue weighted by atomic mass is 9.94.